The van der Waals surface area contributed by atoms with Gasteiger partial charge in [-0.3, -0.25) is 9.59 Å². The SMILES string of the molecule is CC/C=C/C/C=C/CCC(=O)OCC(COCCC(C(=O)O)[N+](C)(C)C)OC(=O)CCC/C=C/C/C=C/C/C=C/C/C=C/CCCCC. The van der Waals surface area contributed by atoms with Crippen molar-refractivity contribution in [3.8, 4) is 0 Å². The number of esters is 2. The Morgan fingerprint density at radius 1 is 0.646 bits per heavy atom. The molecule has 8 nitrogen and oxygen atoms in total. The zero-order chi connectivity index (χ0) is 35.7. The maximum atomic E-state index is 12.6. The summed E-state index contributed by atoms with van der Waals surface area (Å²) < 4.78 is 17.0. The highest BCUT2D eigenvalue weighted by molar-refractivity contribution is 5.72. The van der Waals surface area contributed by atoms with Gasteiger partial charge in [0.15, 0.2) is 12.1 Å². The number of nitrogens with zero attached hydrogens (tertiary/aromatic N) is 1. The molecule has 0 aliphatic heterocycles. The average Bonchev–Trinajstić information content (AvgIpc) is 3.03. The fourth-order valence-corrected chi connectivity index (χ4v) is 4.55. The van der Waals surface area contributed by atoms with Crippen molar-refractivity contribution in [2.24, 2.45) is 0 Å². The van der Waals surface area contributed by atoms with E-state index in [0.29, 0.717) is 19.3 Å². The molecule has 0 saturated heterocycles. The van der Waals surface area contributed by atoms with Crippen molar-refractivity contribution < 1.29 is 38.2 Å². The molecule has 0 aliphatic rings. The molecule has 0 heterocycles. The molecule has 0 fully saturated rings. The fraction of sp³-hybridized carbons (Fsp3) is 0.625. The molecule has 2 unspecified atom stereocenters. The molecule has 0 aromatic carbocycles. The number of unbranched alkanes of at least 4 members (excludes halogenated alkanes) is 4. The van der Waals surface area contributed by atoms with E-state index in [0.717, 1.165) is 38.5 Å². The molecule has 0 spiro atoms. The van der Waals surface area contributed by atoms with E-state index >= 15 is 0 Å². The van der Waals surface area contributed by atoms with Crippen LogP contribution in [0.2, 0.25) is 0 Å². The lowest BCUT2D eigenvalue weighted by molar-refractivity contribution is -0.887. The van der Waals surface area contributed by atoms with Gasteiger partial charge >= 0.3 is 17.9 Å². The minimum Gasteiger partial charge on any atom is -0.477 e. The number of ether oxygens (including phenoxy) is 3. The van der Waals surface area contributed by atoms with Crippen molar-refractivity contribution in [3.63, 3.8) is 0 Å². The summed E-state index contributed by atoms with van der Waals surface area (Å²) in [5, 5.41) is 9.55. The monoisotopic (exact) mass is 672 g/mol. The maximum absolute atomic E-state index is 12.6. The van der Waals surface area contributed by atoms with Crippen molar-refractivity contribution >= 4 is 17.9 Å². The number of quaternary nitrogens is 1. The van der Waals surface area contributed by atoms with Gasteiger partial charge in [-0.15, -0.1) is 0 Å². The second kappa shape index (κ2) is 31.1. The predicted octanol–water partition coefficient (Wildman–Crippen LogP) is 8.85. The van der Waals surface area contributed by atoms with Gasteiger partial charge in [-0.25, -0.2) is 4.79 Å². The first-order chi connectivity index (χ1) is 23.1. The molecule has 0 rings (SSSR count). The van der Waals surface area contributed by atoms with E-state index < -0.39 is 18.1 Å². The molecule has 0 amide bonds. The molecule has 0 aromatic rings. The lowest BCUT2D eigenvalue weighted by Gasteiger charge is -2.31. The maximum Gasteiger partial charge on any atom is 0.362 e. The summed E-state index contributed by atoms with van der Waals surface area (Å²) in [5.41, 5.74) is 0. The van der Waals surface area contributed by atoms with Crippen LogP contribution in [0.25, 0.3) is 0 Å². The third-order valence-electron chi connectivity index (χ3n) is 7.35. The van der Waals surface area contributed by atoms with E-state index in [2.05, 4.69) is 74.6 Å². The van der Waals surface area contributed by atoms with Crippen LogP contribution in [-0.2, 0) is 28.6 Å². The largest absolute Gasteiger partial charge is 0.477 e. The van der Waals surface area contributed by atoms with Gasteiger partial charge in [0.2, 0.25) is 0 Å². The standard InChI is InChI=1S/C40H65NO7/c1-6-8-10-12-14-15-16-17-18-19-20-21-22-23-25-27-29-31-39(43)48-36(34-46-33-32-37(40(44)45)41(3,4)5)35-47-38(42)30-28-26-24-13-11-9-7-2/h9,11,14-15,17-18,20-21,23-26,36-37H,6-8,10,12-13,16,19,22,27-35H2,1-5H3/p+1/b11-9+,15-14+,18-17+,21-20+,25-23+,26-24+. The second-order valence-electron chi connectivity index (χ2n) is 12.7. The van der Waals surface area contributed by atoms with Gasteiger partial charge in [-0.05, 0) is 64.2 Å². The van der Waals surface area contributed by atoms with Crippen LogP contribution < -0.4 is 0 Å². The van der Waals surface area contributed by atoms with E-state index in [1.54, 1.807) is 0 Å². The summed E-state index contributed by atoms with van der Waals surface area (Å²) in [4.78, 5) is 36.5. The zero-order valence-electron chi connectivity index (χ0n) is 30.7. The minimum absolute atomic E-state index is 0.0172. The first kappa shape index (κ1) is 44.8. The summed E-state index contributed by atoms with van der Waals surface area (Å²) in [6.07, 6.45) is 37.1. The summed E-state index contributed by atoms with van der Waals surface area (Å²) in [6.45, 7) is 4.39. The van der Waals surface area contributed by atoms with E-state index in [9.17, 15) is 19.5 Å². The Morgan fingerprint density at radius 3 is 1.73 bits per heavy atom. The molecule has 1 N–H and O–H groups in total. The highest BCUT2D eigenvalue weighted by Crippen LogP contribution is 2.10. The molecule has 8 heteroatoms. The molecule has 272 valence electrons. The lowest BCUT2D eigenvalue weighted by Crippen LogP contribution is -2.50. The number of rotatable bonds is 30. The summed E-state index contributed by atoms with van der Waals surface area (Å²) >= 11 is 0. The van der Waals surface area contributed by atoms with Crippen LogP contribution in [0, 0.1) is 0 Å². The van der Waals surface area contributed by atoms with Gasteiger partial charge in [0.1, 0.15) is 6.61 Å². The van der Waals surface area contributed by atoms with Crippen molar-refractivity contribution in [1.29, 1.82) is 0 Å². The van der Waals surface area contributed by atoms with E-state index in [-0.39, 0.29) is 49.1 Å². The van der Waals surface area contributed by atoms with Crippen LogP contribution >= 0.6 is 0 Å². The Morgan fingerprint density at radius 2 is 1.19 bits per heavy atom. The number of hydrogen-bond acceptors (Lipinski definition) is 6. The minimum atomic E-state index is -0.896. The van der Waals surface area contributed by atoms with E-state index in [1.165, 1.54) is 25.7 Å². The summed E-state index contributed by atoms with van der Waals surface area (Å²) in [6, 6.07) is -0.632. The van der Waals surface area contributed by atoms with Crippen LogP contribution in [0.3, 0.4) is 0 Å². The summed E-state index contributed by atoms with van der Waals surface area (Å²) in [5.74, 6) is -1.65. The van der Waals surface area contributed by atoms with Gasteiger partial charge in [-0.2, -0.15) is 0 Å². The number of carbonyl (C=O) groups excluding carboxylic acids is 2. The molecule has 0 bridgehead atoms. The molecule has 0 aliphatic carbocycles. The van der Waals surface area contributed by atoms with Gasteiger partial charge in [0, 0.05) is 19.3 Å². The van der Waals surface area contributed by atoms with Gasteiger partial charge in [0.05, 0.1) is 34.4 Å². The Bertz CT molecular complexity index is 1020. The van der Waals surface area contributed by atoms with E-state index in [4.69, 9.17) is 14.2 Å². The topological polar surface area (TPSA) is 99.1 Å². The number of likely N-dealkylation sites (N-methyl/N-ethyl adjacent to an activating group) is 1. The summed E-state index contributed by atoms with van der Waals surface area (Å²) in [7, 11) is 5.46. The Labute approximate surface area is 291 Å². The highest BCUT2D eigenvalue weighted by atomic mass is 16.6. The molecular formula is C40H66NO7+. The Hall–Kier alpha value is -3.23. The average molecular weight is 673 g/mol. The highest BCUT2D eigenvalue weighted by Gasteiger charge is 2.31. The molecule has 0 radical (unpaired) electrons. The first-order valence-electron chi connectivity index (χ1n) is 18.0. The fourth-order valence-electron chi connectivity index (χ4n) is 4.55. The normalized spacial score (nSPS) is 13.9. The van der Waals surface area contributed by atoms with Gasteiger partial charge < -0.3 is 23.8 Å². The molecule has 2 atom stereocenters. The number of allylic oxidation sites excluding steroid dienone is 12. The van der Waals surface area contributed by atoms with E-state index in [1.807, 2.05) is 33.3 Å². The molecule has 0 aromatic heterocycles. The predicted molar refractivity (Wildman–Crippen MR) is 197 cm³/mol. The second-order valence-corrected chi connectivity index (χ2v) is 12.7. The Kier molecular flexibility index (Phi) is 29.0. The van der Waals surface area contributed by atoms with Gasteiger partial charge in [0.25, 0.3) is 0 Å². The number of carboxylic acid groups (broad SMARTS) is 1. The van der Waals surface area contributed by atoms with Crippen molar-refractivity contribution in [3.05, 3.63) is 72.9 Å². The molecule has 48 heavy (non-hydrogen) atoms. The lowest BCUT2D eigenvalue weighted by atomic mass is 10.1. The number of carboxylic acids is 1. The number of hydrogen-bond donors (Lipinski definition) is 1. The van der Waals surface area contributed by atoms with Crippen molar-refractivity contribution in [2.75, 3.05) is 41.0 Å². The van der Waals surface area contributed by atoms with Crippen LogP contribution in [0.5, 0.6) is 0 Å². The van der Waals surface area contributed by atoms with Crippen LogP contribution in [0.1, 0.15) is 110 Å². The number of aliphatic carboxylic acids is 1. The first-order valence-corrected chi connectivity index (χ1v) is 18.0. The van der Waals surface area contributed by atoms with Crippen molar-refractivity contribution in [1.82, 2.24) is 0 Å². The third kappa shape index (κ3) is 29.0. The van der Waals surface area contributed by atoms with Crippen LogP contribution in [0.4, 0.5) is 0 Å². The van der Waals surface area contributed by atoms with Crippen LogP contribution in [-0.4, -0.2) is 80.6 Å². The smallest absolute Gasteiger partial charge is 0.362 e. The number of carbonyl (C=O) groups is 3. The van der Waals surface area contributed by atoms with Gasteiger partial charge in [-0.1, -0.05) is 99.6 Å². The molecular weight excluding hydrogens is 606 g/mol. The quantitative estimate of drug-likeness (QED) is 0.0352. The van der Waals surface area contributed by atoms with Crippen molar-refractivity contribution in [2.45, 2.75) is 122 Å². The Balaban J connectivity index is 4.56. The van der Waals surface area contributed by atoms with Crippen LogP contribution in [0.15, 0.2) is 72.9 Å². The molecule has 0 saturated carbocycles. The zero-order valence-corrected chi connectivity index (χ0v) is 30.7. The third-order valence-corrected chi connectivity index (χ3v) is 7.35.